The molecule has 3 aliphatic heterocycles. The van der Waals surface area contributed by atoms with Crippen LogP contribution in [0.4, 0.5) is 0 Å². The molecule has 3 fully saturated rings. The summed E-state index contributed by atoms with van der Waals surface area (Å²) in [4.78, 5) is 19.8. The van der Waals surface area contributed by atoms with Crippen molar-refractivity contribution >= 4 is 17.2 Å². The van der Waals surface area contributed by atoms with Crippen molar-refractivity contribution in [3.8, 4) is 11.1 Å². The summed E-state index contributed by atoms with van der Waals surface area (Å²) in [7, 11) is 0. The number of oxazole rings is 1. The molecule has 2 bridgehead atoms. The second-order valence-electron chi connectivity index (χ2n) is 6.59. The highest BCUT2D eigenvalue weighted by Gasteiger charge is 2.40. The molecule has 0 aliphatic carbocycles. The predicted octanol–water partition coefficient (Wildman–Crippen LogP) is 3.05. The fraction of sp³-hybridized carbons (Fsp3) is 0.529. The zero-order valence-corrected chi connectivity index (χ0v) is 14.6. The molecule has 24 heavy (non-hydrogen) atoms. The summed E-state index contributed by atoms with van der Waals surface area (Å²) in [5, 5.41) is 3.83. The Labute approximate surface area is 144 Å². The van der Waals surface area contributed by atoms with Gasteiger partial charge in [-0.05, 0) is 57.8 Å². The standard InChI is InChI=1S/C17H21N3O3S/c1-10-9-22-17(18-10)23-14-4-3-13(24-14)16(21)19-15-11(2)20-7-5-12(15)6-8-20/h3-4,9,11-12,15H,5-8H2,1-2H3,(H,19,21). The van der Waals surface area contributed by atoms with Gasteiger partial charge in [-0.25, -0.2) is 0 Å². The highest BCUT2D eigenvalue weighted by Crippen LogP contribution is 2.33. The third kappa shape index (κ3) is 2.93. The zero-order valence-electron chi connectivity index (χ0n) is 13.8. The molecular formula is C17H21N3O3S. The number of aryl methyl sites for hydroxylation is 1. The second kappa shape index (κ2) is 6.22. The van der Waals surface area contributed by atoms with Gasteiger partial charge in [0, 0.05) is 12.1 Å². The van der Waals surface area contributed by atoms with E-state index in [0.29, 0.717) is 21.9 Å². The van der Waals surface area contributed by atoms with Gasteiger partial charge >= 0.3 is 6.08 Å². The number of thiophene rings is 1. The van der Waals surface area contributed by atoms with Crippen LogP contribution >= 0.6 is 11.3 Å². The number of nitrogens with zero attached hydrogens (tertiary/aromatic N) is 2. The van der Waals surface area contributed by atoms with Crippen LogP contribution in [-0.4, -0.2) is 41.0 Å². The normalized spacial score (nSPS) is 28.8. The Balaban J connectivity index is 1.41. The Kier molecular flexibility index (Phi) is 4.05. The lowest BCUT2D eigenvalue weighted by molar-refractivity contribution is 0.0218. The van der Waals surface area contributed by atoms with Gasteiger partial charge in [-0.1, -0.05) is 11.3 Å². The Bertz CT molecular complexity index is 731. The van der Waals surface area contributed by atoms with E-state index in [4.69, 9.17) is 9.15 Å². The first-order chi connectivity index (χ1) is 11.6. The first-order valence-electron chi connectivity index (χ1n) is 8.35. The van der Waals surface area contributed by atoms with Gasteiger partial charge in [0.05, 0.1) is 10.6 Å². The molecule has 0 saturated carbocycles. The number of piperidine rings is 3. The number of amides is 1. The van der Waals surface area contributed by atoms with Crippen LogP contribution in [0.1, 0.15) is 35.1 Å². The largest absolute Gasteiger partial charge is 0.417 e. The number of nitrogens with one attached hydrogen (secondary N) is 1. The monoisotopic (exact) mass is 347 g/mol. The maximum atomic E-state index is 12.6. The van der Waals surface area contributed by atoms with Crippen molar-refractivity contribution in [3.05, 3.63) is 29.0 Å². The Morgan fingerprint density at radius 3 is 2.88 bits per heavy atom. The molecule has 0 spiro atoms. The summed E-state index contributed by atoms with van der Waals surface area (Å²) in [5.74, 6) is 0.573. The van der Waals surface area contributed by atoms with E-state index in [1.807, 2.05) is 6.92 Å². The minimum Gasteiger partial charge on any atom is -0.417 e. The topological polar surface area (TPSA) is 67.6 Å². The van der Waals surface area contributed by atoms with Crippen molar-refractivity contribution < 1.29 is 13.9 Å². The molecule has 2 aromatic rings. The van der Waals surface area contributed by atoms with E-state index in [9.17, 15) is 4.79 Å². The number of fused-ring (bicyclic) bond motifs is 3. The van der Waals surface area contributed by atoms with Gasteiger partial charge in [0.15, 0.2) is 5.06 Å². The van der Waals surface area contributed by atoms with E-state index < -0.39 is 0 Å². The third-order valence-electron chi connectivity index (χ3n) is 5.07. The maximum absolute atomic E-state index is 12.6. The van der Waals surface area contributed by atoms with Crippen LogP contribution < -0.4 is 10.1 Å². The molecule has 0 aromatic carbocycles. The average Bonchev–Trinajstić information content (AvgIpc) is 3.21. The van der Waals surface area contributed by atoms with E-state index in [0.717, 1.165) is 18.8 Å². The lowest BCUT2D eigenvalue weighted by atomic mass is 9.79. The molecule has 0 radical (unpaired) electrons. The molecule has 1 amide bonds. The molecule has 2 unspecified atom stereocenters. The zero-order chi connectivity index (χ0) is 16.7. The van der Waals surface area contributed by atoms with Gasteiger partial charge in [-0.15, -0.1) is 0 Å². The summed E-state index contributed by atoms with van der Waals surface area (Å²) in [6, 6.07) is 4.21. The van der Waals surface area contributed by atoms with Gasteiger partial charge in [-0.2, -0.15) is 4.98 Å². The van der Waals surface area contributed by atoms with Crippen LogP contribution in [0, 0.1) is 12.8 Å². The highest BCUT2D eigenvalue weighted by atomic mass is 32.1. The molecule has 2 atom stereocenters. The number of carbonyl (C=O) groups excluding carboxylic acids is 1. The summed E-state index contributed by atoms with van der Waals surface area (Å²) in [5.41, 5.74) is 0.760. The van der Waals surface area contributed by atoms with Crippen molar-refractivity contribution in [2.24, 2.45) is 5.92 Å². The first-order valence-corrected chi connectivity index (χ1v) is 9.16. The van der Waals surface area contributed by atoms with Gasteiger partial charge in [0.1, 0.15) is 6.26 Å². The van der Waals surface area contributed by atoms with E-state index in [2.05, 4.69) is 22.1 Å². The molecule has 5 rings (SSSR count). The molecule has 5 heterocycles. The summed E-state index contributed by atoms with van der Waals surface area (Å²) < 4.78 is 10.7. The van der Waals surface area contributed by atoms with Crippen molar-refractivity contribution in [2.75, 3.05) is 13.1 Å². The van der Waals surface area contributed by atoms with Crippen molar-refractivity contribution in [2.45, 2.75) is 38.8 Å². The quantitative estimate of drug-likeness (QED) is 0.921. The number of ether oxygens (including phenoxy) is 1. The smallest absolute Gasteiger partial charge is 0.400 e. The van der Waals surface area contributed by atoms with E-state index in [1.165, 1.54) is 30.4 Å². The van der Waals surface area contributed by atoms with Crippen LogP contribution in [0.3, 0.4) is 0 Å². The molecule has 2 aromatic heterocycles. The first kappa shape index (κ1) is 15.7. The van der Waals surface area contributed by atoms with Gasteiger partial charge < -0.3 is 14.5 Å². The van der Waals surface area contributed by atoms with Crippen LogP contribution in [0.2, 0.25) is 0 Å². The molecule has 7 heteroatoms. The number of carbonyl (C=O) groups is 1. The predicted molar refractivity (Wildman–Crippen MR) is 90.6 cm³/mol. The lowest BCUT2D eigenvalue weighted by Crippen LogP contribution is -2.62. The van der Waals surface area contributed by atoms with E-state index in [1.54, 1.807) is 12.1 Å². The van der Waals surface area contributed by atoms with Crippen molar-refractivity contribution in [1.82, 2.24) is 15.2 Å². The second-order valence-corrected chi connectivity index (χ2v) is 7.64. The van der Waals surface area contributed by atoms with Gasteiger partial charge in [0.25, 0.3) is 5.91 Å². The molecular weight excluding hydrogens is 326 g/mol. The van der Waals surface area contributed by atoms with E-state index in [-0.39, 0.29) is 18.0 Å². The molecule has 3 saturated heterocycles. The fourth-order valence-corrected chi connectivity index (χ4v) is 4.48. The number of hydrogen-bond acceptors (Lipinski definition) is 6. The molecule has 6 nitrogen and oxygen atoms in total. The SMILES string of the molecule is Cc1coc(Oc2ccc(C(=O)NC3C4CCN(CC4)C3C)s2)n1. The third-order valence-corrected chi connectivity index (χ3v) is 6.03. The number of rotatable bonds is 4. The molecule has 1 N–H and O–H groups in total. The average molecular weight is 347 g/mol. The van der Waals surface area contributed by atoms with Crippen LogP contribution in [0.15, 0.2) is 22.8 Å². The lowest BCUT2D eigenvalue weighted by Gasteiger charge is -2.49. The Morgan fingerprint density at radius 2 is 2.21 bits per heavy atom. The fourth-order valence-electron chi connectivity index (χ4n) is 3.73. The molecule has 128 valence electrons. The molecule has 3 aliphatic rings. The Hall–Kier alpha value is -1.86. The van der Waals surface area contributed by atoms with Crippen molar-refractivity contribution in [1.29, 1.82) is 0 Å². The van der Waals surface area contributed by atoms with E-state index >= 15 is 0 Å². The van der Waals surface area contributed by atoms with Crippen LogP contribution in [-0.2, 0) is 0 Å². The van der Waals surface area contributed by atoms with Gasteiger partial charge in [-0.3, -0.25) is 9.69 Å². The summed E-state index contributed by atoms with van der Waals surface area (Å²) >= 11 is 1.31. The number of aromatic nitrogens is 1. The van der Waals surface area contributed by atoms with Crippen LogP contribution in [0.25, 0.3) is 0 Å². The minimum atomic E-state index is -0.0240. The minimum absolute atomic E-state index is 0.0240. The Morgan fingerprint density at radius 1 is 1.42 bits per heavy atom. The summed E-state index contributed by atoms with van der Waals surface area (Å²) in [6.45, 7) is 6.36. The number of hydrogen-bond donors (Lipinski definition) is 1. The van der Waals surface area contributed by atoms with Crippen molar-refractivity contribution in [3.63, 3.8) is 0 Å². The summed E-state index contributed by atoms with van der Waals surface area (Å²) in [6.07, 6.45) is 4.09. The van der Waals surface area contributed by atoms with Crippen LogP contribution in [0.5, 0.6) is 11.1 Å². The highest BCUT2D eigenvalue weighted by molar-refractivity contribution is 7.15. The maximum Gasteiger partial charge on any atom is 0.400 e. The van der Waals surface area contributed by atoms with Gasteiger partial charge in [0.2, 0.25) is 0 Å².